The third-order valence-electron chi connectivity index (χ3n) is 2.23. The molecule has 18 heavy (non-hydrogen) atoms. The maximum absolute atomic E-state index is 13.3. The molecule has 8 heteroatoms. The molecule has 2 aromatic rings. The lowest BCUT2D eigenvalue weighted by Gasteiger charge is -2.03. The van der Waals surface area contributed by atoms with E-state index in [2.05, 4.69) is 5.10 Å². The van der Waals surface area contributed by atoms with Crippen molar-refractivity contribution in [2.75, 3.05) is 0 Å². The van der Waals surface area contributed by atoms with Crippen LogP contribution in [0.1, 0.15) is 5.56 Å². The van der Waals surface area contributed by atoms with Crippen molar-refractivity contribution in [1.82, 2.24) is 9.78 Å². The van der Waals surface area contributed by atoms with Crippen LogP contribution in [0.15, 0.2) is 35.5 Å². The van der Waals surface area contributed by atoms with Crippen LogP contribution in [0, 0.1) is 11.6 Å². The smallest absolute Gasteiger partial charge is 0.264 e. The van der Waals surface area contributed by atoms with Crippen LogP contribution in [0.2, 0.25) is 0 Å². The van der Waals surface area contributed by atoms with Gasteiger partial charge in [0.1, 0.15) is 16.5 Å². The summed E-state index contributed by atoms with van der Waals surface area (Å²) in [4.78, 5) is -0.194. The van der Waals surface area contributed by atoms with E-state index in [9.17, 15) is 17.2 Å². The lowest BCUT2D eigenvalue weighted by atomic mass is 10.2. The molecule has 1 aromatic carbocycles. The summed E-state index contributed by atoms with van der Waals surface area (Å²) < 4.78 is 49.4. The van der Waals surface area contributed by atoms with Crippen molar-refractivity contribution in [2.24, 2.45) is 0 Å². The van der Waals surface area contributed by atoms with Crippen LogP contribution in [-0.2, 0) is 15.6 Å². The summed E-state index contributed by atoms with van der Waals surface area (Å²) in [5, 5.41) is 3.71. The van der Waals surface area contributed by atoms with E-state index in [-0.39, 0.29) is 17.0 Å². The molecule has 0 amide bonds. The molecule has 0 atom stereocenters. The van der Waals surface area contributed by atoms with Crippen molar-refractivity contribution in [3.63, 3.8) is 0 Å². The number of rotatable bonds is 3. The number of halogens is 3. The topological polar surface area (TPSA) is 52.0 Å². The summed E-state index contributed by atoms with van der Waals surface area (Å²) in [5.41, 5.74) is 0.0663. The molecule has 0 saturated carbocycles. The molecule has 0 N–H and O–H groups in total. The Bertz CT molecular complexity index is 685. The Balaban J connectivity index is 2.29. The lowest BCUT2D eigenvalue weighted by Crippen LogP contribution is -2.03. The molecule has 4 nitrogen and oxygen atoms in total. The van der Waals surface area contributed by atoms with Gasteiger partial charge in [0.15, 0.2) is 0 Å². The molecule has 0 saturated heterocycles. The molecule has 0 aliphatic heterocycles. The fraction of sp³-hybridized carbons (Fsp3) is 0.100. The average Bonchev–Trinajstić information content (AvgIpc) is 2.71. The highest BCUT2D eigenvalue weighted by molar-refractivity contribution is 8.13. The Morgan fingerprint density at radius 1 is 1.33 bits per heavy atom. The van der Waals surface area contributed by atoms with Gasteiger partial charge in [-0.1, -0.05) is 0 Å². The Morgan fingerprint density at radius 2 is 2.06 bits per heavy atom. The Morgan fingerprint density at radius 3 is 2.67 bits per heavy atom. The van der Waals surface area contributed by atoms with Crippen LogP contribution < -0.4 is 0 Å². The molecule has 0 aliphatic rings. The van der Waals surface area contributed by atoms with E-state index in [0.29, 0.717) is 0 Å². The van der Waals surface area contributed by atoms with Crippen molar-refractivity contribution in [3.05, 3.63) is 47.8 Å². The average molecular weight is 293 g/mol. The highest BCUT2D eigenvalue weighted by Gasteiger charge is 2.13. The van der Waals surface area contributed by atoms with Crippen LogP contribution in [-0.4, -0.2) is 18.2 Å². The fourth-order valence-corrected chi connectivity index (χ4v) is 2.06. The second-order valence-corrected chi connectivity index (χ2v) is 6.11. The van der Waals surface area contributed by atoms with E-state index in [1.165, 1.54) is 0 Å². The molecule has 0 radical (unpaired) electrons. The quantitative estimate of drug-likeness (QED) is 0.815. The van der Waals surface area contributed by atoms with Gasteiger partial charge in [-0.2, -0.15) is 5.10 Å². The lowest BCUT2D eigenvalue weighted by molar-refractivity contribution is 0.566. The van der Waals surface area contributed by atoms with E-state index in [4.69, 9.17) is 10.7 Å². The minimum absolute atomic E-state index is 0.0663. The van der Waals surface area contributed by atoms with Gasteiger partial charge in [-0.15, -0.1) is 0 Å². The van der Waals surface area contributed by atoms with E-state index >= 15 is 0 Å². The maximum Gasteiger partial charge on any atom is 0.264 e. The van der Waals surface area contributed by atoms with Crippen LogP contribution in [0.4, 0.5) is 8.78 Å². The molecule has 0 fully saturated rings. The van der Waals surface area contributed by atoms with Crippen LogP contribution in [0.25, 0.3) is 0 Å². The number of hydrogen-bond acceptors (Lipinski definition) is 3. The fourth-order valence-electron chi connectivity index (χ4n) is 1.40. The zero-order valence-electron chi connectivity index (χ0n) is 8.85. The van der Waals surface area contributed by atoms with Crippen LogP contribution in [0.5, 0.6) is 0 Å². The molecule has 96 valence electrons. The molecular formula is C10H7ClF2N2O2S. The Hall–Kier alpha value is -1.47. The van der Waals surface area contributed by atoms with Gasteiger partial charge in [-0.3, -0.25) is 4.68 Å². The standard InChI is InChI=1S/C10H7ClF2N2O2S/c11-18(16,17)9-4-14-15(6-9)5-7-3-8(12)1-2-10(7)13/h1-4,6H,5H2. The molecule has 0 bridgehead atoms. The predicted molar refractivity (Wildman–Crippen MR) is 60.7 cm³/mol. The number of hydrogen-bond donors (Lipinski definition) is 0. The normalized spacial score (nSPS) is 11.7. The second kappa shape index (κ2) is 4.66. The first-order valence-corrected chi connectivity index (χ1v) is 7.08. The van der Waals surface area contributed by atoms with Gasteiger partial charge in [-0.05, 0) is 18.2 Å². The number of nitrogens with zero attached hydrogens (tertiary/aromatic N) is 2. The highest BCUT2D eigenvalue weighted by Crippen LogP contribution is 2.15. The van der Waals surface area contributed by atoms with E-state index < -0.39 is 20.7 Å². The third-order valence-corrected chi connectivity index (χ3v) is 3.54. The highest BCUT2D eigenvalue weighted by atomic mass is 35.7. The molecular weight excluding hydrogens is 286 g/mol. The van der Waals surface area contributed by atoms with Gasteiger partial charge in [0.05, 0.1) is 12.7 Å². The van der Waals surface area contributed by atoms with Gasteiger partial charge in [0, 0.05) is 22.4 Å². The van der Waals surface area contributed by atoms with Crippen molar-refractivity contribution < 1.29 is 17.2 Å². The first-order valence-electron chi connectivity index (χ1n) is 4.77. The van der Waals surface area contributed by atoms with E-state index in [1.807, 2.05) is 0 Å². The first-order chi connectivity index (χ1) is 8.36. The minimum atomic E-state index is -3.87. The molecule has 0 unspecified atom stereocenters. The molecule has 0 spiro atoms. The van der Waals surface area contributed by atoms with Crippen molar-refractivity contribution in [1.29, 1.82) is 0 Å². The SMILES string of the molecule is O=S(=O)(Cl)c1cnn(Cc2cc(F)ccc2F)c1. The van der Waals surface area contributed by atoms with Gasteiger partial charge in [0.2, 0.25) is 0 Å². The maximum atomic E-state index is 13.3. The Kier molecular flexibility index (Phi) is 3.36. The summed E-state index contributed by atoms with van der Waals surface area (Å²) in [6, 6.07) is 3.01. The second-order valence-electron chi connectivity index (χ2n) is 3.55. The van der Waals surface area contributed by atoms with Crippen molar-refractivity contribution in [3.8, 4) is 0 Å². The summed E-state index contributed by atoms with van der Waals surface area (Å²) in [7, 11) is 1.24. The summed E-state index contributed by atoms with van der Waals surface area (Å²) in [6.07, 6.45) is 2.19. The summed E-state index contributed by atoms with van der Waals surface area (Å²) in [6.45, 7) is -0.0873. The zero-order valence-corrected chi connectivity index (χ0v) is 10.4. The summed E-state index contributed by atoms with van der Waals surface area (Å²) in [5.74, 6) is -1.18. The monoisotopic (exact) mass is 292 g/mol. The van der Waals surface area contributed by atoms with Crippen LogP contribution >= 0.6 is 10.7 Å². The van der Waals surface area contributed by atoms with E-state index in [1.54, 1.807) is 0 Å². The largest absolute Gasteiger partial charge is 0.267 e. The molecule has 0 aliphatic carbocycles. The molecule has 1 heterocycles. The predicted octanol–water partition coefficient (Wildman–Crippen LogP) is 2.14. The molecule has 2 rings (SSSR count). The van der Waals surface area contributed by atoms with Crippen molar-refractivity contribution in [2.45, 2.75) is 11.4 Å². The van der Waals surface area contributed by atoms with Gasteiger partial charge >= 0.3 is 0 Å². The summed E-state index contributed by atoms with van der Waals surface area (Å²) >= 11 is 0. The Labute approximate surface area is 106 Å². The van der Waals surface area contributed by atoms with Gasteiger partial charge in [-0.25, -0.2) is 17.2 Å². The zero-order chi connectivity index (χ0) is 13.3. The van der Waals surface area contributed by atoms with Crippen LogP contribution in [0.3, 0.4) is 0 Å². The first kappa shape index (κ1) is 13.0. The number of benzene rings is 1. The van der Waals surface area contributed by atoms with E-state index in [0.717, 1.165) is 35.3 Å². The van der Waals surface area contributed by atoms with Gasteiger partial charge in [0.25, 0.3) is 9.05 Å². The molecule has 1 aromatic heterocycles. The van der Waals surface area contributed by atoms with Crippen molar-refractivity contribution >= 4 is 19.7 Å². The third kappa shape index (κ3) is 2.85. The minimum Gasteiger partial charge on any atom is -0.267 e. The van der Waals surface area contributed by atoms with Gasteiger partial charge < -0.3 is 0 Å². The number of aromatic nitrogens is 2.